The van der Waals surface area contributed by atoms with Crippen molar-refractivity contribution >= 4 is 0 Å². The molecule has 1 heterocycles. The molecule has 4 nitrogen and oxygen atoms in total. The zero-order valence-corrected chi connectivity index (χ0v) is 7.77. The molecular formula is C9H14N3O+. The monoisotopic (exact) mass is 180 g/mol. The number of unbranched alkanes of at least 4 members (excludes halogenated alkanes) is 1. The summed E-state index contributed by atoms with van der Waals surface area (Å²) < 4.78 is 3.87. The summed E-state index contributed by atoms with van der Waals surface area (Å²) >= 11 is 0. The summed E-state index contributed by atoms with van der Waals surface area (Å²) in [4.78, 5) is 0. The molecule has 0 unspecified atom stereocenters. The molecule has 0 aromatic carbocycles. The van der Waals surface area contributed by atoms with E-state index < -0.39 is 0 Å². The Kier molecular flexibility index (Phi) is 3.47. The third kappa shape index (κ3) is 2.56. The minimum absolute atomic E-state index is 0.0490. The van der Waals surface area contributed by atoms with Gasteiger partial charge in [0.1, 0.15) is 12.8 Å². The molecule has 13 heavy (non-hydrogen) atoms. The van der Waals surface area contributed by atoms with Gasteiger partial charge in [0.25, 0.3) is 0 Å². The van der Waals surface area contributed by atoms with Gasteiger partial charge in [-0.1, -0.05) is 0 Å². The first-order valence-corrected chi connectivity index (χ1v) is 4.30. The Bertz CT molecular complexity index is 311. The normalized spacial score (nSPS) is 9.92. The lowest BCUT2D eigenvalue weighted by molar-refractivity contribution is -0.671. The molecule has 0 saturated heterocycles. The van der Waals surface area contributed by atoms with Crippen molar-refractivity contribution in [3.05, 3.63) is 18.2 Å². The first kappa shape index (κ1) is 9.75. The predicted octanol–water partition coefficient (Wildman–Crippen LogP) is 0.109. The molecule has 70 valence electrons. The fourth-order valence-corrected chi connectivity index (χ4v) is 1.30. The molecule has 1 N–H and O–H groups in total. The van der Waals surface area contributed by atoms with Gasteiger partial charge in [0, 0.05) is 6.42 Å². The van der Waals surface area contributed by atoms with E-state index in [0.29, 0.717) is 6.42 Å². The Morgan fingerprint density at radius 3 is 3.08 bits per heavy atom. The summed E-state index contributed by atoms with van der Waals surface area (Å²) in [5, 5.41) is 17.4. The number of nitrogens with zero attached hydrogens (tertiary/aromatic N) is 3. The number of hydrogen-bond acceptors (Lipinski definition) is 2. The zero-order chi connectivity index (χ0) is 9.68. The molecular weight excluding hydrogens is 166 g/mol. The van der Waals surface area contributed by atoms with Crippen molar-refractivity contribution in [1.82, 2.24) is 4.57 Å². The van der Waals surface area contributed by atoms with Crippen molar-refractivity contribution in [2.75, 3.05) is 0 Å². The van der Waals surface area contributed by atoms with Gasteiger partial charge < -0.3 is 5.11 Å². The lowest BCUT2D eigenvalue weighted by Gasteiger charge is -1.95. The summed E-state index contributed by atoms with van der Waals surface area (Å²) in [6, 6.07) is 2.10. The van der Waals surface area contributed by atoms with Gasteiger partial charge in [-0.05, 0) is 6.42 Å². The predicted molar refractivity (Wildman–Crippen MR) is 46.4 cm³/mol. The van der Waals surface area contributed by atoms with Crippen LogP contribution in [0.5, 0.6) is 0 Å². The van der Waals surface area contributed by atoms with Crippen LogP contribution in [0.1, 0.15) is 18.5 Å². The molecule has 0 amide bonds. The second-order valence-electron chi connectivity index (χ2n) is 3.01. The van der Waals surface area contributed by atoms with E-state index in [1.165, 1.54) is 0 Å². The molecule has 4 heteroatoms. The average molecular weight is 180 g/mol. The lowest BCUT2D eigenvalue weighted by atomic mass is 10.3. The molecule has 0 aliphatic carbocycles. The zero-order valence-electron chi connectivity index (χ0n) is 7.77. The Morgan fingerprint density at radius 1 is 1.69 bits per heavy atom. The number of aliphatic hydroxyl groups excluding tert-OH is 1. The molecule has 0 bridgehead atoms. The van der Waals surface area contributed by atoms with Gasteiger partial charge in [0.15, 0.2) is 5.69 Å². The van der Waals surface area contributed by atoms with Crippen LogP contribution in [0.4, 0.5) is 0 Å². The summed E-state index contributed by atoms with van der Waals surface area (Å²) in [7, 11) is 1.92. The van der Waals surface area contributed by atoms with Gasteiger partial charge >= 0.3 is 0 Å². The van der Waals surface area contributed by atoms with E-state index >= 15 is 0 Å². The van der Waals surface area contributed by atoms with E-state index in [2.05, 4.69) is 6.07 Å². The summed E-state index contributed by atoms with van der Waals surface area (Å²) in [5.74, 6) is 0. The fourth-order valence-electron chi connectivity index (χ4n) is 1.30. The Balaban J connectivity index is 2.59. The van der Waals surface area contributed by atoms with E-state index in [0.717, 1.165) is 18.7 Å². The van der Waals surface area contributed by atoms with Crippen LogP contribution in [-0.2, 0) is 20.2 Å². The van der Waals surface area contributed by atoms with Crippen LogP contribution in [0.2, 0.25) is 0 Å². The summed E-state index contributed by atoms with van der Waals surface area (Å²) in [5.41, 5.74) is 0.889. The van der Waals surface area contributed by atoms with Crippen LogP contribution in [0, 0.1) is 11.3 Å². The van der Waals surface area contributed by atoms with E-state index in [9.17, 15) is 0 Å². The van der Waals surface area contributed by atoms with Crippen LogP contribution in [0.15, 0.2) is 12.5 Å². The van der Waals surface area contributed by atoms with E-state index in [1.54, 1.807) is 0 Å². The number of hydrogen-bond donors (Lipinski definition) is 1. The second kappa shape index (κ2) is 4.63. The number of aryl methyl sites for hydroxylation is 2. The molecule has 0 atom stereocenters. The number of nitriles is 1. The third-order valence-electron chi connectivity index (χ3n) is 1.89. The largest absolute Gasteiger partial charge is 0.388 e. The molecule has 0 aliphatic rings. The summed E-state index contributed by atoms with van der Waals surface area (Å²) in [6.07, 6.45) is 5.19. The fraction of sp³-hybridized carbons (Fsp3) is 0.556. The smallest absolute Gasteiger partial charge is 0.243 e. The van der Waals surface area contributed by atoms with Crippen LogP contribution in [0.25, 0.3) is 0 Å². The highest BCUT2D eigenvalue weighted by Crippen LogP contribution is 2.00. The van der Waals surface area contributed by atoms with Crippen LogP contribution >= 0.6 is 0 Å². The van der Waals surface area contributed by atoms with Gasteiger partial charge in [-0.3, -0.25) is 0 Å². The first-order chi connectivity index (χ1) is 6.27. The Labute approximate surface area is 77.7 Å². The van der Waals surface area contributed by atoms with Gasteiger partial charge in [-0.2, -0.15) is 5.26 Å². The molecule has 1 aromatic rings. The first-order valence-electron chi connectivity index (χ1n) is 4.30. The lowest BCUT2D eigenvalue weighted by Crippen LogP contribution is -2.23. The highest BCUT2D eigenvalue weighted by Gasteiger charge is 2.09. The topological polar surface area (TPSA) is 52.8 Å². The van der Waals surface area contributed by atoms with Gasteiger partial charge in [0.05, 0.1) is 19.7 Å². The van der Waals surface area contributed by atoms with Crippen LogP contribution in [0.3, 0.4) is 0 Å². The van der Waals surface area contributed by atoms with Crippen molar-refractivity contribution in [3.63, 3.8) is 0 Å². The molecule has 0 saturated carbocycles. The van der Waals surface area contributed by atoms with E-state index in [4.69, 9.17) is 10.4 Å². The quantitative estimate of drug-likeness (QED) is 0.528. The molecule has 1 rings (SSSR count). The maximum atomic E-state index is 8.99. The number of aromatic nitrogens is 2. The Hall–Kier alpha value is -1.34. The van der Waals surface area contributed by atoms with Gasteiger partial charge in [-0.15, -0.1) is 0 Å². The van der Waals surface area contributed by atoms with Gasteiger partial charge in [-0.25, -0.2) is 9.13 Å². The van der Waals surface area contributed by atoms with Crippen LogP contribution in [-0.4, -0.2) is 9.67 Å². The minimum atomic E-state index is 0.0490. The van der Waals surface area contributed by atoms with Crippen molar-refractivity contribution in [1.29, 1.82) is 5.26 Å². The van der Waals surface area contributed by atoms with Gasteiger partial charge in [0.2, 0.25) is 6.33 Å². The second-order valence-corrected chi connectivity index (χ2v) is 3.01. The van der Waals surface area contributed by atoms with Crippen molar-refractivity contribution in [3.8, 4) is 6.07 Å². The Morgan fingerprint density at radius 2 is 2.46 bits per heavy atom. The molecule has 0 fully saturated rings. The average Bonchev–Trinajstić information content (AvgIpc) is 2.47. The highest BCUT2D eigenvalue weighted by molar-refractivity contribution is 4.91. The summed E-state index contributed by atoms with van der Waals surface area (Å²) in [6.45, 7) is 0.845. The maximum Gasteiger partial charge on any atom is 0.243 e. The minimum Gasteiger partial charge on any atom is -0.388 e. The molecule has 0 aliphatic heterocycles. The number of rotatable bonds is 4. The van der Waals surface area contributed by atoms with Crippen LogP contribution < -0.4 is 4.57 Å². The maximum absolute atomic E-state index is 8.99. The van der Waals surface area contributed by atoms with Crippen molar-refractivity contribution in [2.45, 2.75) is 26.0 Å². The number of aliphatic hydroxyl groups is 1. The standard InChI is InChI=1S/C9H14N3O/c1-11-6-9(7-13)12(8-11)5-3-2-4-10/h6,8,13H,2-3,5,7H2,1H3/q+1. The molecule has 0 radical (unpaired) electrons. The third-order valence-corrected chi connectivity index (χ3v) is 1.89. The number of imidazole rings is 1. The van der Waals surface area contributed by atoms with Crippen molar-refractivity contribution < 1.29 is 9.67 Å². The van der Waals surface area contributed by atoms with E-state index in [-0.39, 0.29) is 6.61 Å². The van der Waals surface area contributed by atoms with E-state index in [1.807, 2.05) is 28.7 Å². The highest BCUT2D eigenvalue weighted by atomic mass is 16.3. The molecule has 0 spiro atoms. The SMILES string of the molecule is C[n+]1cc(CO)n(CCCC#N)c1. The van der Waals surface area contributed by atoms with Crippen molar-refractivity contribution in [2.24, 2.45) is 7.05 Å². The molecule has 1 aromatic heterocycles.